The van der Waals surface area contributed by atoms with Crippen molar-refractivity contribution in [1.29, 1.82) is 0 Å². The number of nitrogens with two attached hydrogens (primary N) is 1. The summed E-state index contributed by atoms with van der Waals surface area (Å²) < 4.78 is 13.3. The Hall–Kier alpha value is -3.30. The lowest BCUT2D eigenvalue weighted by Gasteiger charge is -2.29. The lowest BCUT2D eigenvalue weighted by Crippen LogP contribution is -2.53. The highest BCUT2D eigenvalue weighted by Crippen LogP contribution is 2.53. The SMILES string of the molecule is NC(=O)C[C@@H]1N[C@]2(C(=O)Nc3ccc(Cl)cc32)[C@@H]2C(=O)N(Cc3ccc(F)cc3)C(=O)[C@H]12. The van der Waals surface area contributed by atoms with Crippen LogP contribution < -0.4 is 16.4 Å². The molecule has 3 aliphatic heterocycles. The van der Waals surface area contributed by atoms with Crippen LogP contribution in [0, 0.1) is 17.7 Å². The van der Waals surface area contributed by atoms with Gasteiger partial charge in [-0.2, -0.15) is 0 Å². The van der Waals surface area contributed by atoms with Crippen molar-refractivity contribution in [3.8, 4) is 0 Å². The Morgan fingerprint density at radius 3 is 2.53 bits per heavy atom. The van der Waals surface area contributed by atoms with E-state index in [-0.39, 0.29) is 13.0 Å². The third kappa shape index (κ3) is 2.85. The van der Waals surface area contributed by atoms with E-state index in [0.29, 0.717) is 21.8 Å². The summed E-state index contributed by atoms with van der Waals surface area (Å²) in [7, 11) is 0. The summed E-state index contributed by atoms with van der Waals surface area (Å²) in [6.07, 6.45) is -0.227. The summed E-state index contributed by atoms with van der Waals surface area (Å²) >= 11 is 6.18. The van der Waals surface area contributed by atoms with E-state index < -0.39 is 52.9 Å². The van der Waals surface area contributed by atoms with Crippen LogP contribution in [0.3, 0.4) is 0 Å². The zero-order valence-electron chi connectivity index (χ0n) is 16.6. The molecule has 0 radical (unpaired) electrons. The van der Waals surface area contributed by atoms with Crippen LogP contribution in [0.5, 0.6) is 0 Å². The molecule has 0 bridgehead atoms. The number of imide groups is 1. The lowest BCUT2D eigenvalue weighted by molar-refractivity contribution is -0.143. The van der Waals surface area contributed by atoms with E-state index in [1.54, 1.807) is 18.2 Å². The van der Waals surface area contributed by atoms with Crippen LogP contribution in [0.1, 0.15) is 17.5 Å². The molecule has 2 saturated heterocycles. The molecule has 4 N–H and O–H groups in total. The van der Waals surface area contributed by atoms with Gasteiger partial charge in [-0.1, -0.05) is 23.7 Å². The second-order valence-electron chi connectivity index (χ2n) is 8.27. The van der Waals surface area contributed by atoms with Crippen molar-refractivity contribution in [2.45, 2.75) is 24.5 Å². The Balaban J connectivity index is 1.60. The third-order valence-corrected chi connectivity index (χ3v) is 6.68. The Morgan fingerprint density at radius 2 is 1.84 bits per heavy atom. The first kappa shape index (κ1) is 20.6. The van der Waals surface area contributed by atoms with Gasteiger partial charge in [0.1, 0.15) is 11.4 Å². The average Bonchev–Trinajstić information content (AvgIpc) is 3.30. The van der Waals surface area contributed by atoms with Gasteiger partial charge in [0.15, 0.2) is 0 Å². The Kier molecular flexibility index (Phi) is 4.58. The van der Waals surface area contributed by atoms with Gasteiger partial charge in [-0.05, 0) is 35.9 Å². The van der Waals surface area contributed by atoms with Crippen LogP contribution in [0.25, 0.3) is 0 Å². The summed E-state index contributed by atoms with van der Waals surface area (Å²) in [6.45, 7) is -0.0751. The largest absolute Gasteiger partial charge is 0.370 e. The lowest BCUT2D eigenvalue weighted by atomic mass is 9.76. The van der Waals surface area contributed by atoms with Gasteiger partial charge < -0.3 is 11.1 Å². The number of carbonyl (C=O) groups is 4. The Bertz CT molecular complexity index is 1190. The molecular formula is C22H18ClFN4O4. The van der Waals surface area contributed by atoms with Gasteiger partial charge in [0.05, 0.1) is 18.4 Å². The number of rotatable bonds is 4. The fourth-order valence-corrected chi connectivity index (χ4v) is 5.33. The van der Waals surface area contributed by atoms with Crippen LogP contribution >= 0.6 is 11.6 Å². The molecule has 164 valence electrons. The fraction of sp³-hybridized carbons (Fsp3) is 0.273. The minimum absolute atomic E-state index is 0.0751. The molecule has 2 aromatic rings. The maximum atomic E-state index is 13.6. The minimum atomic E-state index is -1.56. The van der Waals surface area contributed by atoms with Crippen molar-refractivity contribution in [3.63, 3.8) is 0 Å². The van der Waals surface area contributed by atoms with Crippen molar-refractivity contribution in [2.75, 3.05) is 5.32 Å². The van der Waals surface area contributed by atoms with Gasteiger partial charge in [-0.25, -0.2) is 4.39 Å². The first-order valence-corrected chi connectivity index (χ1v) is 10.4. The summed E-state index contributed by atoms with van der Waals surface area (Å²) in [4.78, 5) is 53.0. The van der Waals surface area contributed by atoms with E-state index in [9.17, 15) is 23.6 Å². The highest BCUT2D eigenvalue weighted by Gasteiger charge is 2.70. The molecule has 2 aromatic carbocycles. The second-order valence-corrected chi connectivity index (χ2v) is 8.70. The van der Waals surface area contributed by atoms with Crippen molar-refractivity contribution in [1.82, 2.24) is 10.2 Å². The number of anilines is 1. The van der Waals surface area contributed by atoms with E-state index in [1.165, 1.54) is 24.3 Å². The topological polar surface area (TPSA) is 122 Å². The molecular weight excluding hydrogens is 439 g/mol. The van der Waals surface area contributed by atoms with E-state index in [1.807, 2.05) is 0 Å². The average molecular weight is 457 g/mol. The molecule has 32 heavy (non-hydrogen) atoms. The summed E-state index contributed by atoms with van der Waals surface area (Å²) in [5, 5.41) is 6.20. The number of fused-ring (bicyclic) bond motifs is 4. The summed E-state index contributed by atoms with van der Waals surface area (Å²) in [6, 6.07) is 9.43. The van der Waals surface area contributed by atoms with Gasteiger partial charge in [0.25, 0.3) is 0 Å². The molecule has 0 aliphatic carbocycles. The first-order chi connectivity index (χ1) is 15.2. The normalized spacial score (nSPS) is 28.2. The Labute approximate surface area is 186 Å². The maximum Gasteiger partial charge on any atom is 0.250 e. The fourth-order valence-electron chi connectivity index (χ4n) is 5.15. The highest BCUT2D eigenvalue weighted by atomic mass is 35.5. The number of nitrogens with zero attached hydrogens (tertiary/aromatic N) is 1. The first-order valence-electron chi connectivity index (χ1n) is 9.99. The molecule has 3 aliphatic rings. The molecule has 5 rings (SSSR count). The number of carbonyl (C=O) groups excluding carboxylic acids is 4. The van der Waals surface area contributed by atoms with E-state index in [2.05, 4.69) is 10.6 Å². The highest BCUT2D eigenvalue weighted by molar-refractivity contribution is 6.31. The predicted molar refractivity (Wildman–Crippen MR) is 111 cm³/mol. The molecule has 0 saturated carbocycles. The van der Waals surface area contributed by atoms with E-state index >= 15 is 0 Å². The molecule has 4 amide bonds. The van der Waals surface area contributed by atoms with Crippen molar-refractivity contribution in [3.05, 3.63) is 64.4 Å². The van der Waals surface area contributed by atoms with Crippen molar-refractivity contribution < 1.29 is 23.6 Å². The predicted octanol–water partition coefficient (Wildman–Crippen LogP) is 1.28. The zero-order chi connectivity index (χ0) is 22.8. The van der Waals surface area contributed by atoms with Crippen molar-refractivity contribution in [2.24, 2.45) is 17.6 Å². The quantitative estimate of drug-likeness (QED) is 0.598. The van der Waals surface area contributed by atoms with Gasteiger partial charge in [0, 0.05) is 28.7 Å². The number of halogens is 2. The zero-order valence-corrected chi connectivity index (χ0v) is 17.4. The monoisotopic (exact) mass is 456 g/mol. The molecule has 4 atom stereocenters. The number of benzene rings is 2. The Morgan fingerprint density at radius 1 is 1.12 bits per heavy atom. The molecule has 2 fully saturated rings. The molecule has 1 spiro atoms. The van der Waals surface area contributed by atoms with Crippen LogP contribution in [0.2, 0.25) is 5.02 Å². The smallest absolute Gasteiger partial charge is 0.250 e. The van der Waals surface area contributed by atoms with Crippen LogP contribution in [0.15, 0.2) is 42.5 Å². The maximum absolute atomic E-state index is 13.6. The minimum Gasteiger partial charge on any atom is -0.370 e. The van der Waals surface area contributed by atoms with Gasteiger partial charge >= 0.3 is 0 Å². The summed E-state index contributed by atoms with van der Waals surface area (Å²) in [5.41, 5.74) is 5.32. The number of nitrogens with one attached hydrogen (secondary N) is 2. The van der Waals surface area contributed by atoms with Crippen molar-refractivity contribution >= 4 is 40.9 Å². The van der Waals surface area contributed by atoms with Gasteiger partial charge in [-0.3, -0.25) is 29.4 Å². The molecule has 0 aromatic heterocycles. The van der Waals surface area contributed by atoms with Crippen LogP contribution in [-0.4, -0.2) is 34.6 Å². The van der Waals surface area contributed by atoms with E-state index in [0.717, 1.165) is 4.90 Å². The number of amides is 4. The second kappa shape index (κ2) is 7.11. The summed E-state index contributed by atoms with van der Waals surface area (Å²) in [5.74, 6) is -4.71. The molecule has 10 heteroatoms. The number of hydrogen-bond donors (Lipinski definition) is 3. The standard InChI is InChI=1S/C22H18ClFN4O4/c23-11-3-6-14-13(7-11)22(21(32)26-14)18-17(15(27-22)8-16(25)29)19(30)28(20(18)31)9-10-1-4-12(24)5-2-10/h1-7,15,17-18,27H,8-9H2,(H2,25,29)(H,26,32)/t15-,17+,18-,22-/m0/s1. The van der Waals surface area contributed by atoms with Gasteiger partial charge in [-0.15, -0.1) is 0 Å². The van der Waals surface area contributed by atoms with Gasteiger partial charge in [0.2, 0.25) is 23.6 Å². The van der Waals surface area contributed by atoms with Crippen LogP contribution in [-0.2, 0) is 31.3 Å². The third-order valence-electron chi connectivity index (χ3n) is 6.44. The molecule has 8 nitrogen and oxygen atoms in total. The number of primary amides is 1. The van der Waals surface area contributed by atoms with Crippen LogP contribution in [0.4, 0.5) is 10.1 Å². The number of likely N-dealkylation sites (tertiary alicyclic amines) is 1. The molecule has 0 unspecified atom stereocenters. The van der Waals surface area contributed by atoms with E-state index in [4.69, 9.17) is 17.3 Å². The number of hydrogen-bond acceptors (Lipinski definition) is 5. The molecule has 3 heterocycles.